The average Bonchev–Trinajstić information content (AvgIpc) is 3.17. The molecule has 1 aromatic carbocycles. The highest BCUT2D eigenvalue weighted by molar-refractivity contribution is 7.13. The maximum atomic E-state index is 13.4. The van der Waals surface area contributed by atoms with Crippen LogP contribution in [0.15, 0.2) is 46.2 Å². The van der Waals surface area contributed by atoms with Gasteiger partial charge >= 0.3 is 0 Å². The summed E-state index contributed by atoms with van der Waals surface area (Å²) in [5.74, 6) is -0.232. The van der Waals surface area contributed by atoms with Crippen LogP contribution in [-0.4, -0.2) is 28.1 Å². The van der Waals surface area contributed by atoms with Gasteiger partial charge < -0.3 is 10.2 Å². The highest BCUT2D eigenvalue weighted by atomic mass is 32.1. The smallest absolute Gasteiger partial charge is 0.257 e. The van der Waals surface area contributed by atoms with Crippen molar-refractivity contribution in [1.82, 2.24) is 15.1 Å². The number of hydrogen-bond donors (Lipinski definition) is 1. The number of nitrogens with two attached hydrogens (primary N) is 1. The van der Waals surface area contributed by atoms with Crippen molar-refractivity contribution in [2.45, 2.75) is 12.6 Å². The Labute approximate surface area is 141 Å². The third-order valence-corrected chi connectivity index (χ3v) is 4.32. The van der Waals surface area contributed by atoms with E-state index in [0.717, 1.165) is 4.88 Å². The molecule has 0 aliphatic rings. The van der Waals surface area contributed by atoms with Crippen molar-refractivity contribution in [2.24, 2.45) is 5.73 Å². The zero-order valence-corrected chi connectivity index (χ0v) is 13.7. The lowest BCUT2D eigenvalue weighted by molar-refractivity contribution is -0.123. The Bertz CT molecular complexity index is 834. The first-order valence-corrected chi connectivity index (χ1v) is 8.04. The molecule has 0 aliphatic heterocycles. The molecule has 1 amide bonds. The molecule has 0 radical (unpaired) electrons. The number of primary amides is 1. The number of thiophene rings is 1. The van der Waals surface area contributed by atoms with E-state index in [1.165, 1.54) is 29.5 Å². The Morgan fingerprint density at radius 2 is 2.21 bits per heavy atom. The summed E-state index contributed by atoms with van der Waals surface area (Å²) in [6.07, 6.45) is 0. The van der Waals surface area contributed by atoms with E-state index in [2.05, 4.69) is 10.2 Å². The zero-order valence-electron chi connectivity index (χ0n) is 12.8. The molecule has 0 saturated heterocycles. The molecule has 2 N–H and O–H groups in total. The van der Waals surface area contributed by atoms with Crippen LogP contribution in [0.25, 0.3) is 10.8 Å². The van der Waals surface area contributed by atoms with Gasteiger partial charge in [-0.2, -0.15) is 0 Å². The van der Waals surface area contributed by atoms with Crippen LogP contribution in [0.4, 0.5) is 4.39 Å². The molecular formula is C16H15FN4O2S. The molecule has 0 fully saturated rings. The fraction of sp³-hybridized carbons (Fsp3) is 0.188. The van der Waals surface area contributed by atoms with E-state index < -0.39 is 17.8 Å². The molecule has 0 aliphatic carbocycles. The van der Waals surface area contributed by atoms with E-state index in [9.17, 15) is 9.18 Å². The summed E-state index contributed by atoms with van der Waals surface area (Å²) in [6, 6.07) is 8.77. The van der Waals surface area contributed by atoms with Crippen LogP contribution in [0.3, 0.4) is 0 Å². The number of hydrogen-bond acceptors (Lipinski definition) is 6. The SMILES string of the molecule is CN(Cc1nnc(-c2cccs2)o1)[C@@H](C(N)=O)c1cccc(F)c1. The number of amides is 1. The summed E-state index contributed by atoms with van der Waals surface area (Å²) in [6.45, 7) is 0.211. The second-order valence-corrected chi connectivity index (χ2v) is 6.20. The van der Waals surface area contributed by atoms with Crippen LogP contribution in [0.1, 0.15) is 17.5 Å². The second kappa shape index (κ2) is 6.90. The molecule has 24 heavy (non-hydrogen) atoms. The lowest BCUT2D eigenvalue weighted by atomic mass is 10.1. The van der Waals surface area contributed by atoms with Crippen molar-refractivity contribution >= 4 is 17.2 Å². The average molecular weight is 346 g/mol. The lowest BCUT2D eigenvalue weighted by Crippen LogP contribution is -2.35. The summed E-state index contributed by atoms with van der Waals surface area (Å²) >= 11 is 1.49. The molecule has 0 bridgehead atoms. The normalized spacial score (nSPS) is 12.5. The fourth-order valence-corrected chi connectivity index (χ4v) is 3.08. The molecule has 2 heterocycles. The molecule has 3 rings (SSSR count). The van der Waals surface area contributed by atoms with Crippen molar-refractivity contribution in [1.29, 1.82) is 0 Å². The Morgan fingerprint density at radius 3 is 2.88 bits per heavy atom. The number of nitrogens with zero attached hydrogens (tertiary/aromatic N) is 3. The summed E-state index contributed by atoms with van der Waals surface area (Å²) in [7, 11) is 1.69. The summed E-state index contributed by atoms with van der Waals surface area (Å²) in [5.41, 5.74) is 5.96. The summed E-state index contributed by atoms with van der Waals surface area (Å²) < 4.78 is 19.0. The van der Waals surface area contributed by atoms with Crippen molar-refractivity contribution in [3.05, 3.63) is 59.0 Å². The maximum Gasteiger partial charge on any atom is 0.257 e. The number of halogens is 1. The highest BCUT2D eigenvalue weighted by Crippen LogP contribution is 2.25. The van der Waals surface area contributed by atoms with Gasteiger partial charge in [-0.25, -0.2) is 4.39 Å². The molecule has 0 unspecified atom stereocenters. The van der Waals surface area contributed by atoms with E-state index >= 15 is 0 Å². The Balaban J connectivity index is 1.79. The van der Waals surface area contributed by atoms with Gasteiger partial charge in [0.05, 0.1) is 11.4 Å². The molecule has 1 atom stereocenters. The van der Waals surface area contributed by atoms with Gasteiger partial charge in [-0.3, -0.25) is 9.69 Å². The minimum absolute atomic E-state index is 0.211. The Hall–Kier alpha value is -2.58. The molecule has 0 saturated carbocycles. The summed E-state index contributed by atoms with van der Waals surface area (Å²) in [4.78, 5) is 14.3. The predicted molar refractivity (Wildman–Crippen MR) is 87.4 cm³/mol. The molecule has 0 spiro atoms. The van der Waals surface area contributed by atoms with E-state index in [1.54, 1.807) is 18.0 Å². The van der Waals surface area contributed by atoms with Crippen molar-refractivity contribution in [3.63, 3.8) is 0 Å². The molecule has 2 aromatic heterocycles. The van der Waals surface area contributed by atoms with Crippen molar-refractivity contribution in [3.8, 4) is 10.8 Å². The summed E-state index contributed by atoms with van der Waals surface area (Å²) in [5, 5.41) is 9.90. The Morgan fingerprint density at radius 1 is 1.38 bits per heavy atom. The van der Waals surface area contributed by atoms with Crippen LogP contribution in [0.2, 0.25) is 0 Å². The van der Waals surface area contributed by atoms with Gasteiger partial charge in [0.1, 0.15) is 11.9 Å². The first kappa shape index (κ1) is 16.3. The largest absolute Gasteiger partial charge is 0.419 e. The molecule has 124 valence electrons. The van der Waals surface area contributed by atoms with Gasteiger partial charge in [0.2, 0.25) is 11.8 Å². The van der Waals surface area contributed by atoms with Gasteiger partial charge in [-0.15, -0.1) is 21.5 Å². The van der Waals surface area contributed by atoms with Crippen LogP contribution >= 0.6 is 11.3 Å². The quantitative estimate of drug-likeness (QED) is 0.741. The van der Waals surface area contributed by atoms with Gasteiger partial charge in [0, 0.05) is 0 Å². The van der Waals surface area contributed by atoms with Gasteiger partial charge in [-0.1, -0.05) is 18.2 Å². The van der Waals surface area contributed by atoms with Crippen molar-refractivity contribution in [2.75, 3.05) is 7.05 Å². The number of carbonyl (C=O) groups is 1. The number of likely N-dealkylation sites (N-methyl/N-ethyl adjacent to an activating group) is 1. The number of carbonyl (C=O) groups excluding carboxylic acids is 1. The number of rotatable bonds is 6. The zero-order chi connectivity index (χ0) is 17.1. The first-order chi connectivity index (χ1) is 11.5. The predicted octanol–water partition coefficient (Wildman–Crippen LogP) is 2.60. The monoisotopic (exact) mass is 346 g/mol. The number of benzene rings is 1. The van der Waals surface area contributed by atoms with E-state index in [0.29, 0.717) is 17.3 Å². The lowest BCUT2D eigenvalue weighted by Gasteiger charge is -2.24. The van der Waals surface area contributed by atoms with Crippen LogP contribution in [0.5, 0.6) is 0 Å². The van der Waals surface area contributed by atoms with Crippen LogP contribution < -0.4 is 5.73 Å². The Kier molecular flexibility index (Phi) is 4.68. The molecule has 8 heteroatoms. The molecular weight excluding hydrogens is 331 g/mol. The molecule has 3 aromatic rings. The highest BCUT2D eigenvalue weighted by Gasteiger charge is 2.25. The minimum atomic E-state index is -0.794. The third kappa shape index (κ3) is 3.50. The maximum absolute atomic E-state index is 13.4. The number of aromatic nitrogens is 2. The van der Waals surface area contributed by atoms with E-state index in [4.69, 9.17) is 10.2 Å². The standard InChI is InChI=1S/C16H15FN4O2S/c1-21(14(15(18)22)10-4-2-5-11(17)8-10)9-13-19-20-16(23-13)12-6-3-7-24-12/h2-8,14H,9H2,1H3,(H2,18,22)/t14-/m1/s1. The fourth-order valence-electron chi connectivity index (χ4n) is 2.43. The second-order valence-electron chi connectivity index (χ2n) is 5.25. The van der Waals surface area contributed by atoms with Crippen molar-refractivity contribution < 1.29 is 13.6 Å². The first-order valence-electron chi connectivity index (χ1n) is 7.16. The van der Waals surface area contributed by atoms with Gasteiger partial charge in [0.15, 0.2) is 0 Å². The molecule has 6 nitrogen and oxygen atoms in total. The van der Waals surface area contributed by atoms with E-state index in [-0.39, 0.29) is 6.54 Å². The topological polar surface area (TPSA) is 85.2 Å². The minimum Gasteiger partial charge on any atom is -0.419 e. The van der Waals surface area contributed by atoms with Gasteiger partial charge in [-0.05, 0) is 36.2 Å². The van der Waals surface area contributed by atoms with Crippen LogP contribution in [0, 0.1) is 5.82 Å². The van der Waals surface area contributed by atoms with Gasteiger partial charge in [0.25, 0.3) is 5.89 Å². The third-order valence-electron chi connectivity index (χ3n) is 3.46. The van der Waals surface area contributed by atoms with Crippen LogP contribution in [-0.2, 0) is 11.3 Å². The van der Waals surface area contributed by atoms with E-state index in [1.807, 2.05) is 17.5 Å².